The van der Waals surface area contributed by atoms with Gasteiger partial charge in [-0.05, 0) is 31.0 Å². The highest BCUT2D eigenvalue weighted by atomic mass is 19.1. The predicted octanol–water partition coefficient (Wildman–Crippen LogP) is 2.14. The molecule has 74 valence electrons. The van der Waals surface area contributed by atoms with Crippen LogP contribution in [0.25, 0.3) is 0 Å². The highest BCUT2D eigenvalue weighted by molar-refractivity contribution is 5.23. The SMILES string of the molecule is Cc1cc(CNC(C)C#N)ccc1F. The molecule has 0 amide bonds. The van der Waals surface area contributed by atoms with Crippen LogP contribution in [0.5, 0.6) is 0 Å². The van der Waals surface area contributed by atoms with E-state index in [0.717, 1.165) is 5.56 Å². The molecule has 3 heteroatoms. The van der Waals surface area contributed by atoms with Crippen molar-refractivity contribution >= 4 is 0 Å². The van der Waals surface area contributed by atoms with Gasteiger partial charge in [0.1, 0.15) is 5.82 Å². The first-order valence-corrected chi connectivity index (χ1v) is 4.51. The van der Waals surface area contributed by atoms with Crippen LogP contribution in [0.15, 0.2) is 18.2 Å². The van der Waals surface area contributed by atoms with Gasteiger partial charge in [0, 0.05) is 6.54 Å². The van der Waals surface area contributed by atoms with E-state index in [9.17, 15) is 4.39 Å². The second kappa shape index (κ2) is 4.73. The number of nitrogens with zero attached hydrogens (tertiary/aromatic N) is 1. The van der Waals surface area contributed by atoms with Crippen LogP contribution >= 0.6 is 0 Å². The van der Waals surface area contributed by atoms with Crippen molar-refractivity contribution in [3.8, 4) is 6.07 Å². The van der Waals surface area contributed by atoms with Crippen LogP contribution < -0.4 is 5.32 Å². The van der Waals surface area contributed by atoms with Crippen molar-refractivity contribution in [2.24, 2.45) is 0 Å². The lowest BCUT2D eigenvalue weighted by molar-refractivity contribution is 0.612. The average molecular weight is 192 g/mol. The van der Waals surface area contributed by atoms with Gasteiger partial charge in [-0.2, -0.15) is 5.26 Å². The van der Waals surface area contributed by atoms with Crippen molar-refractivity contribution in [3.63, 3.8) is 0 Å². The van der Waals surface area contributed by atoms with Crippen LogP contribution in [0.2, 0.25) is 0 Å². The molecule has 2 nitrogen and oxygen atoms in total. The first-order chi connectivity index (χ1) is 6.63. The number of rotatable bonds is 3. The summed E-state index contributed by atoms with van der Waals surface area (Å²) in [7, 11) is 0. The molecule has 0 bridgehead atoms. The molecule has 0 saturated heterocycles. The zero-order valence-electron chi connectivity index (χ0n) is 8.34. The van der Waals surface area contributed by atoms with Crippen LogP contribution in [0.1, 0.15) is 18.1 Å². The summed E-state index contributed by atoms with van der Waals surface area (Å²) in [6, 6.07) is 6.85. The third-order valence-electron chi connectivity index (χ3n) is 2.03. The van der Waals surface area contributed by atoms with Crippen molar-refractivity contribution in [2.75, 3.05) is 0 Å². The van der Waals surface area contributed by atoms with Gasteiger partial charge >= 0.3 is 0 Å². The monoisotopic (exact) mass is 192 g/mol. The molecule has 0 saturated carbocycles. The number of hydrogen-bond acceptors (Lipinski definition) is 2. The topological polar surface area (TPSA) is 35.8 Å². The Morgan fingerprint density at radius 3 is 2.86 bits per heavy atom. The second-order valence-corrected chi connectivity index (χ2v) is 3.32. The van der Waals surface area contributed by atoms with Gasteiger partial charge in [-0.1, -0.05) is 12.1 Å². The van der Waals surface area contributed by atoms with Gasteiger partial charge in [0.25, 0.3) is 0 Å². The van der Waals surface area contributed by atoms with E-state index in [2.05, 4.69) is 11.4 Å². The van der Waals surface area contributed by atoms with Crippen LogP contribution in [-0.2, 0) is 6.54 Å². The fourth-order valence-corrected chi connectivity index (χ4v) is 1.13. The van der Waals surface area contributed by atoms with E-state index in [1.54, 1.807) is 26.0 Å². The minimum absolute atomic E-state index is 0.180. The Balaban J connectivity index is 2.61. The van der Waals surface area contributed by atoms with E-state index in [1.807, 2.05) is 0 Å². The summed E-state index contributed by atoms with van der Waals surface area (Å²) in [5, 5.41) is 11.6. The lowest BCUT2D eigenvalue weighted by atomic mass is 10.1. The minimum atomic E-state index is -0.193. The van der Waals surface area contributed by atoms with Gasteiger partial charge < -0.3 is 0 Å². The van der Waals surface area contributed by atoms with Crippen molar-refractivity contribution in [3.05, 3.63) is 35.1 Å². The summed E-state index contributed by atoms with van der Waals surface area (Å²) >= 11 is 0. The zero-order valence-corrected chi connectivity index (χ0v) is 8.34. The third kappa shape index (κ3) is 2.82. The molecule has 1 atom stereocenters. The predicted molar refractivity (Wildman–Crippen MR) is 53.1 cm³/mol. The Morgan fingerprint density at radius 2 is 2.29 bits per heavy atom. The Bertz CT molecular complexity index is 355. The molecule has 1 aromatic carbocycles. The summed E-state index contributed by atoms with van der Waals surface area (Å²) in [6.07, 6.45) is 0. The van der Waals surface area contributed by atoms with Gasteiger partial charge in [-0.25, -0.2) is 4.39 Å². The Hall–Kier alpha value is -1.40. The van der Waals surface area contributed by atoms with Crippen LogP contribution in [0.3, 0.4) is 0 Å². The van der Waals surface area contributed by atoms with Gasteiger partial charge in [0.05, 0.1) is 12.1 Å². The molecular weight excluding hydrogens is 179 g/mol. The smallest absolute Gasteiger partial charge is 0.126 e. The molecule has 0 radical (unpaired) electrons. The van der Waals surface area contributed by atoms with E-state index < -0.39 is 0 Å². The number of hydrogen-bond donors (Lipinski definition) is 1. The van der Waals surface area contributed by atoms with Crippen molar-refractivity contribution in [2.45, 2.75) is 26.4 Å². The van der Waals surface area contributed by atoms with E-state index >= 15 is 0 Å². The number of aryl methyl sites for hydroxylation is 1. The average Bonchev–Trinajstić information content (AvgIpc) is 2.19. The molecule has 1 N–H and O–H groups in total. The normalized spacial score (nSPS) is 12.1. The number of nitrogens with one attached hydrogen (secondary N) is 1. The molecule has 0 aliphatic carbocycles. The van der Waals surface area contributed by atoms with Crippen LogP contribution in [0.4, 0.5) is 4.39 Å². The van der Waals surface area contributed by atoms with E-state index in [0.29, 0.717) is 12.1 Å². The molecule has 1 aromatic rings. The largest absolute Gasteiger partial charge is 0.298 e. The van der Waals surface area contributed by atoms with E-state index in [4.69, 9.17) is 5.26 Å². The van der Waals surface area contributed by atoms with Gasteiger partial charge in [-0.3, -0.25) is 5.32 Å². The maximum Gasteiger partial charge on any atom is 0.126 e. The maximum absolute atomic E-state index is 12.9. The summed E-state index contributed by atoms with van der Waals surface area (Å²) in [6.45, 7) is 4.11. The van der Waals surface area contributed by atoms with Gasteiger partial charge in [-0.15, -0.1) is 0 Å². The number of halogens is 1. The molecule has 0 fully saturated rings. The molecule has 0 aliphatic rings. The molecule has 0 aromatic heterocycles. The fraction of sp³-hybridized carbons (Fsp3) is 0.364. The summed E-state index contributed by atoms with van der Waals surface area (Å²) in [4.78, 5) is 0. The van der Waals surface area contributed by atoms with Crippen LogP contribution in [-0.4, -0.2) is 6.04 Å². The molecule has 0 heterocycles. The maximum atomic E-state index is 12.9. The Morgan fingerprint density at radius 1 is 1.57 bits per heavy atom. The molecule has 0 aliphatic heterocycles. The highest BCUT2D eigenvalue weighted by Crippen LogP contribution is 2.08. The fourth-order valence-electron chi connectivity index (χ4n) is 1.13. The van der Waals surface area contributed by atoms with Gasteiger partial charge in [0.15, 0.2) is 0 Å². The first-order valence-electron chi connectivity index (χ1n) is 4.51. The minimum Gasteiger partial charge on any atom is -0.298 e. The Labute approximate surface area is 83.4 Å². The summed E-state index contributed by atoms with van der Waals surface area (Å²) in [5.41, 5.74) is 1.62. The number of benzene rings is 1. The Kier molecular flexibility index (Phi) is 3.61. The van der Waals surface area contributed by atoms with Crippen molar-refractivity contribution < 1.29 is 4.39 Å². The molecule has 0 spiro atoms. The zero-order chi connectivity index (χ0) is 10.6. The van der Waals surface area contributed by atoms with Crippen LogP contribution in [0, 0.1) is 24.1 Å². The molecule has 14 heavy (non-hydrogen) atoms. The second-order valence-electron chi connectivity index (χ2n) is 3.32. The molecule has 1 rings (SSSR count). The highest BCUT2D eigenvalue weighted by Gasteiger charge is 2.01. The van der Waals surface area contributed by atoms with E-state index in [1.165, 1.54) is 6.07 Å². The number of nitriles is 1. The molecular formula is C11H13FN2. The van der Waals surface area contributed by atoms with Crippen molar-refractivity contribution in [1.29, 1.82) is 5.26 Å². The lowest BCUT2D eigenvalue weighted by Gasteiger charge is -2.06. The third-order valence-corrected chi connectivity index (χ3v) is 2.03. The lowest BCUT2D eigenvalue weighted by Crippen LogP contribution is -2.23. The molecule has 1 unspecified atom stereocenters. The summed E-state index contributed by atoms with van der Waals surface area (Å²) in [5.74, 6) is -0.193. The standard InChI is InChI=1S/C11H13FN2/c1-8-5-10(3-4-11(8)12)7-14-9(2)6-13/h3-5,9,14H,7H2,1-2H3. The summed E-state index contributed by atoms with van der Waals surface area (Å²) < 4.78 is 12.9. The van der Waals surface area contributed by atoms with Gasteiger partial charge in [0.2, 0.25) is 0 Å². The van der Waals surface area contributed by atoms with Crippen molar-refractivity contribution in [1.82, 2.24) is 5.32 Å². The van der Waals surface area contributed by atoms with E-state index in [-0.39, 0.29) is 11.9 Å². The first kappa shape index (κ1) is 10.7. The quantitative estimate of drug-likeness (QED) is 0.796.